The van der Waals surface area contributed by atoms with E-state index >= 15 is 0 Å². The Balaban J connectivity index is 1.24. The number of rotatable bonds is 8. The fourth-order valence-electron chi connectivity index (χ4n) is 4.40. The number of methoxy groups -OCH3 is 1. The molecule has 2 aliphatic rings. The van der Waals surface area contributed by atoms with E-state index < -0.39 is 0 Å². The van der Waals surface area contributed by atoms with Crippen molar-refractivity contribution in [1.82, 2.24) is 4.90 Å². The first kappa shape index (κ1) is 23.6. The predicted octanol–water partition coefficient (Wildman–Crippen LogP) is 4.44. The van der Waals surface area contributed by atoms with Gasteiger partial charge in [-0.1, -0.05) is 18.2 Å². The molecule has 1 atom stereocenters. The number of hydrogen-bond donors (Lipinski definition) is 1. The van der Waals surface area contributed by atoms with E-state index in [0.717, 1.165) is 24.2 Å². The second-order valence-corrected chi connectivity index (χ2v) is 8.77. The summed E-state index contributed by atoms with van der Waals surface area (Å²) in [5.41, 5.74) is 2.14. The molecular weight excluding hydrogens is 460 g/mol. The molecule has 0 saturated carbocycles. The molecule has 0 aromatic heterocycles. The maximum Gasteiger partial charge on any atom is 0.261 e. The molecule has 0 bridgehead atoms. The Hall–Kier alpha value is -4.17. The Morgan fingerprint density at radius 2 is 1.72 bits per heavy atom. The van der Waals surface area contributed by atoms with Crippen molar-refractivity contribution in [2.24, 2.45) is 0 Å². The van der Waals surface area contributed by atoms with Gasteiger partial charge < -0.3 is 19.5 Å². The number of fused-ring (bicyclic) bond motifs is 1. The molecular formula is C28H26N2O6. The van der Waals surface area contributed by atoms with Crippen LogP contribution in [0, 0.1) is 0 Å². The van der Waals surface area contributed by atoms with E-state index in [9.17, 15) is 14.4 Å². The lowest BCUT2D eigenvalue weighted by molar-refractivity contribution is -0.115. The SMILES string of the molecule is COc1ccc(CC(=O)Nc2cccc(Oc3ccc4c(c3)C(=O)N(CC3CCCO3)C4=O)c2)cc1. The van der Waals surface area contributed by atoms with Gasteiger partial charge in [0.05, 0.1) is 37.3 Å². The first-order valence-electron chi connectivity index (χ1n) is 11.8. The number of benzene rings is 3. The Morgan fingerprint density at radius 3 is 2.47 bits per heavy atom. The molecule has 8 heteroatoms. The third kappa shape index (κ3) is 5.08. The summed E-state index contributed by atoms with van der Waals surface area (Å²) >= 11 is 0. The second-order valence-electron chi connectivity index (χ2n) is 8.77. The van der Waals surface area contributed by atoms with Crippen molar-refractivity contribution in [2.45, 2.75) is 25.4 Å². The van der Waals surface area contributed by atoms with Crippen LogP contribution >= 0.6 is 0 Å². The van der Waals surface area contributed by atoms with Crippen molar-refractivity contribution in [3.63, 3.8) is 0 Å². The third-order valence-electron chi connectivity index (χ3n) is 6.23. The van der Waals surface area contributed by atoms with Gasteiger partial charge in [-0.25, -0.2) is 0 Å². The standard InChI is InChI=1S/C28H26N2O6/c1-34-20-9-7-18(8-10-20)14-26(31)29-19-4-2-5-21(15-19)36-22-11-12-24-25(16-22)28(33)30(27(24)32)17-23-6-3-13-35-23/h2,4-5,7-12,15-16,23H,3,6,13-14,17H2,1H3,(H,29,31). The van der Waals surface area contributed by atoms with E-state index in [4.69, 9.17) is 14.2 Å². The summed E-state index contributed by atoms with van der Waals surface area (Å²) < 4.78 is 16.7. The third-order valence-corrected chi connectivity index (χ3v) is 6.23. The van der Waals surface area contributed by atoms with Crippen LogP contribution in [0.1, 0.15) is 39.1 Å². The summed E-state index contributed by atoms with van der Waals surface area (Å²) in [6.07, 6.45) is 1.89. The van der Waals surface area contributed by atoms with Gasteiger partial charge in [0.25, 0.3) is 11.8 Å². The average Bonchev–Trinajstić information content (AvgIpc) is 3.48. The smallest absolute Gasteiger partial charge is 0.261 e. The van der Waals surface area contributed by atoms with Crippen LogP contribution in [0.15, 0.2) is 66.7 Å². The number of amides is 3. The second kappa shape index (κ2) is 10.2. The number of imide groups is 1. The van der Waals surface area contributed by atoms with Crippen LogP contribution in [-0.4, -0.2) is 49.0 Å². The molecule has 1 unspecified atom stereocenters. The lowest BCUT2D eigenvalue weighted by atomic mass is 10.1. The number of hydrogen-bond acceptors (Lipinski definition) is 6. The lowest BCUT2D eigenvalue weighted by Gasteiger charge is -2.17. The van der Waals surface area contributed by atoms with Gasteiger partial charge in [0.2, 0.25) is 5.91 Å². The maximum absolute atomic E-state index is 12.9. The van der Waals surface area contributed by atoms with Crippen LogP contribution in [0.2, 0.25) is 0 Å². The number of carbonyl (C=O) groups is 3. The minimum absolute atomic E-state index is 0.106. The van der Waals surface area contributed by atoms with Crippen LogP contribution in [0.25, 0.3) is 0 Å². The summed E-state index contributed by atoms with van der Waals surface area (Å²) in [4.78, 5) is 39.4. The maximum atomic E-state index is 12.9. The molecule has 0 spiro atoms. The number of nitrogens with zero attached hydrogens (tertiary/aromatic N) is 1. The fourth-order valence-corrected chi connectivity index (χ4v) is 4.40. The molecule has 8 nitrogen and oxygen atoms in total. The summed E-state index contributed by atoms with van der Waals surface area (Å²) in [6, 6.07) is 19.2. The normalized spacial score (nSPS) is 16.7. The highest BCUT2D eigenvalue weighted by Gasteiger charge is 2.37. The van der Waals surface area contributed by atoms with Crippen molar-refractivity contribution in [1.29, 1.82) is 0 Å². The Bertz CT molecular complexity index is 1300. The molecule has 1 fully saturated rings. The molecule has 0 radical (unpaired) electrons. The monoisotopic (exact) mass is 486 g/mol. The number of ether oxygens (including phenoxy) is 3. The minimum atomic E-state index is -0.338. The van der Waals surface area contributed by atoms with Crippen LogP contribution < -0.4 is 14.8 Å². The van der Waals surface area contributed by atoms with Crippen LogP contribution in [0.5, 0.6) is 17.2 Å². The highest BCUT2D eigenvalue weighted by molar-refractivity contribution is 6.21. The van der Waals surface area contributed by atoms with Crippen LogP contribution in [-0.2, 0) is 16.0 Å². The summed E-state index contributed by atoms with van der Waals surface area (Å²) in [5, 5.41) is 2.87. The van der Waals surface area contributed by atoms with Crippen molar-refractivity contribution >= 4 is 23.4 Å². The summed E-state index contributed by atoms with van der Waals surface area (Å²) in [7, 11) is 1.60. The molecule has 2 aliphatic heterocycles. The van der Waals surface area contributed by atoms with Crippen molar-refractivity contribution in [3.8, 4) is 17.2 Å². The zero-order chi connectivity index (χ0) is 25.1. The van der Waals surface area contributed by atoms with E-state index in [1.54, 1.807) is 49.6 Å². The van der Waals surface area contributed by atoms with Gasteiger partial charge in [-0.05, 0) is 60.9 Å². The molecule has 1 N–H and O–H groups in total. The molecule has 36 heavy (non-hydrogen) atoms. The molecule has 5 rings (SSSR count). The Kier molecular flexibility index (Phi) is 6.69. The Morgan fingerprint density at radius 1 is 0.972 bits per heavy atom. The predicted molar refractivity (Wildman–Crippen MR) is 133 cm³/mol. The van der Waals surface area contributed by atoms with Gasteiger partial charge in [0.15, 0.2) is 0 Å². The van der Waals surface area contributed by atoms with Crippen molar-refractivity contribution in [2.75, 3.05) is 25.6 Å². The number of carbonyl (C=O) groups excluding carboxylic acids is 3. The van der Waals surface area contributed by atoms with Gasteiger partial charge in [0.1, 0.15) is 17.2 Å². The van der Waals surface area contributed by atoms with E-state index in [1.807, 2.05) is 24.3 Å². The van der Waals surface area contributed by atoms with E-state index in [2.05, 4.69) is 5.32 Å². The van der Waals surface area contributed by atoms with Crippen molar-refractivity contribution < 1.29 is 28.6 Å². The van der Waals surface area contributed by atoms with Gasteiger partial charge in [-0.15, -0.1) is 0 Å². The Labute approximate surface area is 208 Å². The average molecular weight is 487 g/mol. The van der Waals surface area contributed by atoms with Crippen LogP contribution in [0.4, 0.5) is 5.69 Å². The first-order valence-corrected chi connectivity index (χ1v) is 11.8. The molecule has 3 aromatic rings. The van der Waals surface area contributed by atoms with Gasteiger partial charge in [-0.2, -0.15) is 0 Å². The van der Waals surface area contributed by atoms with Gasteiger partial charge in [0, 0.05) is 18.4 Å². The van der Waals surface area contributed by atoms with Gasteiger partial charge in [-0.3, -0.25) is 19.3 Å². The zero-order valence-electron chi connectivity index (χ0n) is 19.9. The fraction of sp³-hybridized carbons (Fsp3) is 0.250. The molecule has 2 heterocycles. The molecule has 3 aromatic carbocycles. The molecule has 184 valence electrons. The lowest BCUT2D eigenvalue weighted by Crippen LogP contribution is -2.36. The molecule has 0 aliphatic carbocycles. The van der Waals surface area contributed by atoms with Crippen LogP contribution in [0.3, 0.4) is 0 Å². The topological polar surface area (TPSA) is 94.2 Å². The van der Waals surface area contributed by atoms with Gasteiger partial charge >= 0.3 is 0 Å². The van der Waals surface area contributed by atoms with E-state index in [0.29, 0.717) is 34.9 Å². The highest BCUT2D eigenvalue weighted by Crippen LogP contribution is 2.31. The molecule has 3 amide bonds. The van der Waals surface area contributed by atoms with E-state index in [1.165, 1.54) is 4.90 Å². The van der Waals surface area contributed by atoms with Crippen molar-refractivity contribution in [3.05, 3.63) is 83.4 Å². The number of anilines is 1. The zero-order valence-corrected chi connectivity index (χ0v) is 19.9. The largest absolute Gasteiger partial charge is 0.497 e. The quantitative estimate of drug-likeness (QED) is 0.473. The molecule has 1 saturated heterocycles. The summed E-state index contributed by atoms with van der Waals surface area (Å²) in [6.45, 7) is 0.924. The number of nitrogens with one attached hydrogen (secondary N) is 1. The van der Waals surface area contributed by atoms with E-state index in [-0.39, 0.29) is 36.8 Å². The minimum Gasteiger partial charge on any atom is -0.497 e. The summed E-state index contributed by atoms with van der Waals surface area (Å²) in [5.74, 6) is 0.845. The first-order chi connectivity index (χ1) is 17.5. The highest BCUT2D eigenvalue weighted by atomic mass is 16.5.